The van der Waals surface area contributed by atoms with Crippen molar-refractivity contribution in [3.63, 3.8) is 0 Å². The number of nitrogens with zero attached hydrogens (tertiary/aromatic N) is 1. The lowest BCUT2D eigenvalue weighted by Crippen LogP contribution is -2.43. The van der Waals surface area contributed by atoms with Crippen molar-refractivity contribution >= 4 is 24.0 Å². The van der Waals surface area contributed by atoms with Gasteiger partial charge in [0.1, 0.15) is 6.26 Å². The van der Waals surface area contributed by atoms with Gasteiger partial charge in [0.2, 0.25) is 11.8 Å². The summed E-state index contributed by atoms with van der Waals surface area (Å²) in [7, 11) is 0. The van der Waals surface area contributed by atoms with E-state index in [1.54, 1.807) is 6.26 Å². The molecular formula is C17H22ClN3O2. The molecule has 6 heteroatoms. The van der Waals surface area contributed by atoms with Crippen molar-refractivity contribution in [1.29, 1.82) is 0 Å². The SMILES string of the molecule is Cc1coc(-c2cc(NC(=O)C3CCCCN3)ccc2C)n1.Cl. The molecule has 0 aliphatic carbocycles. The minimum absolute atomic E-state index is 0. The van der Waals surface area contributed by atoms with Crippen LogP contribution in [-0.4, -0.2) is 23.5 Å². The summed E-state index contributed by atoms with van der Waals surface area (Å²) in [4.78, 5) is 16.7. The molecule has 1 aromatic heterocycles. The number of nitrogens with one attached hydrogen (secondary N) is 2. The van der Waals surface area contributed by atoms with Crippen LogP contribution in [0.2, 0.25) is 0 Å². The standard InChI is InChI=1S/C17H21N3O2.ClH/c1-11-6-7-13(9-14(11)17-19-12(2)10-22-17)20-16(21)15-5-3-4-8-18-15;/h6-7,9-10,15,18H,3-5,8H2,1-2H3,(H,20,21);1H. The molecule has 5 nitrogen and oxygen atoms in total. The summed E-state index contributed by atoms with van der Waals surface area (Å²) >= 11 is 0. The fourth-order valence-corrected chi connectivity index (χ4v) is 2.71. The maximum atomic E-state index is 12.3. The first-order chi connectivity index (χ1) is 10.6. The number of piperidine rings is 1. The van der Waals surface area contributed by atoms with Gasteiger partial charge < -0.3 is 15.1 Å². The van der Waals surface area contributed by atoms with Crippen LogP contribution in [0.25, 0.3) is 11.5 Å². The van der Waals surface area contributed by atoms with Gasteiger partial charge in [-0.2, -0.15) is 0 Å². The van der Waals surface area contributed by atoms with E-state index in [-0.39, 0.29) is 24.4 Å². The van der Waals surface area contributed by atoms with Crippen LogP contribution in [0.4, 0.5) is 5.69 Å². The summed E-state index contributed by atoms with van der Waals surface area (Å²) in [5.41, 5.74) is 3.59. The summed E-state index contributed by atoms with van der Waals surface area (Å²) in [6, 6.07) is 5.71. The molecule has 0 saturated carbocycles. The molecule has 1 fully saturated rings. The molecule has 124 valence electrons. The number of carbonyl (C=O) groups excluding carboxylic acids is 1. The first-order valence-electron chi connectivity index (χ1n) is 7.71. The van der Waals surface area contributed by atoms with E-state index < -0.39 is 0 Å². The number of rotatable bonds is 3. The Morgan fingerprint density at radius 3 is 2.83 bits per heavy atom. The predicted octanol–water partition coefficient (Wildman–Crippen LogP) is 3.46. The Morgan fingerprint density at radius 2 is 2.17 bits per heavy atom. The summed E-state index contributed by atoms with van der Waals surface area (Å²) in [6.07, 6.45) is 4.76. The molecule has 3 rings (SSSR count). The molecule has 2 aromatic rings. The fourth-order valence-electron chi connectivity index (χ4n) is 2.71. The molecule has 2 N–H and O–H groups in total. The monoisotopic (exact) mass is 335 g/mol. The smallest absolute Gasteiger partial charge is 0.241 e. The molecule has 0 spiro atoms. The Kier molecular flexibility index (Phi) is 5.80. The molecule has 1 unspecified atom stereocenters. The number of hydrogen-bond acceptors (Lipinski definition) is 4. The number of oxazole rings is 1. The highest BCUT2D eigenvalue weighted by Crippen LogP contribution is 2.26. The molecular weight excluding hydrogens is 314 g/mol. The first kappa shape index (κ1) is 17.5. The van der Waals surface area contributed by atoms with Gasteiger partial charge in [0, 0.05) is 11.3 Å². The van der Waals surface area contributed by atoms with Crippen LogP contribution in [0, 0.1) is 13.8 Å². The van der Waals surface area contributed by atoms with Crippen molar-refractivity contribution in [2.45, 2.75) is 39.2 Å². The Morgan fingerprint density at radius 1 is 1.35 bits per heavy atom. The average Bonchev–Trinajstić information content (AvgIpc) is 2.96. The highest BCUT2D eigenvalue weighted by atomic mass is 35.5. The van der Waals surface area contributed by atoms with E-state index in [1.165, 1.54) is 0 Å². The van der Waals surface area contributed by atoms with Crippen LogP contribution in [-0.2, 0) is 4.79 Å². The van der Waals surface area contributed by atoms with Crippen molar-refractivity contribution in [1.82, 2.24) is 10.3 Å². The molecule has 23 heavy (non-hydrogen) atoms. The Balaban J connectivity index is 0.00000192. The van der Waals surface area contributed by atoms with Crippen molar-refractivity contribution < 1.29 is 9.21 Å². The zero-order valence-electron chi connectivity index (χ0n) is 13.4. The predicted molar refractivity (Wildman–Crippen MR) is 92.9 cm³/mol. The van der Waals surface area contributed by atoms with E-state index in [4.69, 9.17) is 4.42 Å². The van der Waals surface area contributed by atoms with Crippen molar-refractivity contribution in [2.75, 3.05) is 11.9 Å². The molecule has 2 heterocycles. The maximum absolute atomic E-state index is 12.3. The average molecular weight is 336 g/mol. The highest BCUT2D eigenvalue weighted by molar-refractivity contribution is 5.95. The fraction of sp³-hybridized carbons (Fsp3) is 0.412. The Bertz CT molecular complexity index is 678. The number of halogens is 1. The van der Waals surface area contributed by atoms with Crippen LogP contribution in [0.3, 0.4) is 0 Å². The number of benzene rings is 1. The molecule has 1 aromatic carbocycles. The third-order valence-corrected chi connectivity index (χ3v) is 3.98. The van der Waals surface area contributed by atoms with Crippen molar-refractivity contribution in [3.05, 3.63) is 35.7 Å². The van der Waals surface area contributed by atoms with E-state index in [0.29, 0.717) is 5.89 Å². The molecule has 1 atom stereocenters. The zero-order chi connectivity index (χ0) is 15.5. The van der Waals surface area contributed by atoms with E-state index >= 15 is 0 Å². The van der Waals surface area contributed by atoms with Crippen LogP contribution >= 0.6 is 12.4 Å². The van der Waals surface area contributed by atoms with E-state index in [1.807, 2.05) is 32.0 Å². The van der Waals surface area contributed by atoms with Crippen molar-refractivity contribution in [3.8, 4) is 11.5 Å². The normalized spacial score (nSPS) is 17.4. The van der Waals surface area contributed by atoms with Gasteiger partial charge in [0.15, 0.2) is 0 Å². The Hall–Kier alpha value is -1.85. The lowest BCUT2D eigenvalue weighted by atomic mass is 10.0. The van der Waals surface area contributed by atoms with Gasteiger partial charge in [-0.25, -0.2) is 4.98 Å². The van der Waals surface area contributed by atoms with Crippen LogP contribution in [0.5, 0.6) is 0 Å². The Labute approximate surface area is 142 Å². The third-order valence-electron chi connectivity index (χ3n) is 3.98. The second kappa shape index (κ2) is 7.62. The number of aromatic nitrogens is 1. The van der Waals surface area contributed by atoms with Gasteiger partial charge in [-0.1, -0.05) is 12.5 Å². The van der Waals surface area contributed by atoms with Crippen molar-refractivity contribution in [2.24, 2.45) is 0 Å². The molecule has 1 amide bonds. The number of amides is 1. The lowest BCUT2D eigenvalue weighted by Gasteiger charge is -2.22. The zero-order valence-corrected chi connectivity index (χ0v) is 14.2. The van der Waals surface area contributed by atoms with Gasteiger partial charge in [-0.05, 0) is 50.9 Å². The van der Waals surface area contributed by atoms with E-state index in [9.17, 15) is 4.79 Å². The number of anilines is 1. The minimum Gasteiger partial charge on any atom is -0.444 e. The quantitative estimate of drug-likeness (QED) is 0.901. The van der Waals surface area contributed by atoms with E-state index in [0.717, 1.165) is 48.3 Å². The largest absolute Gasteiger partial charge is 0.444 e. The number of carbonyl (C=O) groups is 1. The summed E-state index contributed by atoms with van der Waals surface area (Å²) in [5, 5.41) is 6.24. The molecule has 0 radical (unpaired) electrons. The van der Waals surface area contributed by atoms with Crippen LogP contribution in [0.15, 0.2) is 28.9 Å². The van der Waals surface area contributed by atoms with Gasteiger partial charge >= 0.3 is 0 Å². The molecule has 1 aliphatic heterocycles. The second-order valence-electron chi connectivity index (χ2n) is 5.82. The lowest BCUT2D eigenvalue weighted by molar-refractivity contribution is -0.118. The molecule has 1 aliphatic rings. The first-order valence-corrected chi connectivity index (χ1v) is 7.71. The van der Waals surface area contributed by atoms with Gasteiger partial charge in [-0.3, -0.25) is 4.79 Å². The molecule has 0 bridgehead atoms. The topological polar surface area (TPSA) is 67.2 Å². The van der Waals surface area contributed by atoms with Crippen LogP contribution in [0.1, 0.15) is 30.5 Å². The molecule has 1 saturated heterocycles. The second-order valence-corrected chi connectivity index (χ2v) is 5.82. The third kappa shape index (κ3) is 4.12. The van der Waals surface area contributed by atoms with Gasteiger partial charge in [-0.15, -0.1) is 12.4 Å². The van der Waals surface area contributed by atoms with Crippen LogP contribution < -0.4 is 10.6 Å². The number of aryl methyl sites for hydroxylation is 2. The summed E-state index contributed by atoms with van der Waals surface area (Å²) in [5.74, 6) is 0.611. The van der Waals surface area contributed by atoms with Gasteiger partial charge in [0.25, 0.3) is 0 Å². The highest BCUT2D eigenvalue weighted by Gasteiger charge is 2.20. The van der Waals surface area contributed by atoms with Gasteiger partial charge in [0.05, 0.1) is 11.7 Å². The summed E-state index contributed by atoms with van der Waals surface area (Å²) in [6.45, 7) is 4.80. The minimum atomic E-state index is -0.0949. The van der Waals surface area contributed by atoms with E-state index in [2.05, 4.69) is 15.6 Å². The maximum Gasteiger partial charge on any atom is 0.241 e. The number of hydrogen-bond donors (Lipinski definition) is 2. The summed E-state index contributed by atoms with van der Waals surface area (Å²) < 4.78 is 5.47.